The molecule has 18 heavy (non-hydrogen) atoms. The zero-order valence-corrected chi connectivity index (χ0v) is 10.3. The van der Waals surface area contributed by atoms with Crippen molar-refractivity contribution in [2.45, 2.75) is 31.4 Å². The number of oxazole rings is 1. The topological polar surface area (TPSA) is 73.3 Å². The lowest BCUT2D eigenvalue weighted by atomic mass is 10.2. The molecule has 1 aromatic heterocycles. The second kappa shape index (κ2) is 4.49. The number of nitrogens with zero attached hydrogens (tertiary/aromatic N) is 1. The summed E-state index contributed by atoms with van der Waals surface area (Å²) in [6, 6.07) is 6.41. The van der Waals surface area contributed by atoms with Crippen LogP contribution in [0.5, 0.6) is 0 Å². The third-order valence-corrected chi connectivity index (χ3v) is 3.46. The van der Waals surface area contributed by atoms with Gasteiger partial charge in [0, 0.05) is 18.8 Å². The SMILES string of the molecule is COC1CCC(Nc2nc3cc(N)ccc3o2)C1. The van der Waals surface area contributed by atoms with Crippen LogP contribution in [-0.2, 0) is 4.74 Å². The van der Waals surface area contributed by atoms with Crippen molar-refractivity contribution in [2.75, 3.05) is 18.2 Å². The number of fused-ring (bicyclic) bond motifs is 1. The lowest BCUT2D eigenvalue weighted by Gasteiger charge is -2.10. The molecule has 1 saturated carbocycles. The highest BCUT2D eigenvalue weighted by Crippen LogP contribution is 2.26. The molecule has 5 heteroatoms. The molecular weight excluding hydrogens is 230 g/mol. The summed E-state index contributed by atoms with van der Waals surface area (Å²) in [6.07, 6.45) is 3.51. The average Bonchev–Trinajstić information content (AvgIpc) is 2.95. The minimum absolute atomic E-state index is 0.350. The van der Waals surface area contributed by atoms with Gasteiger partial charge in [0.1, 0.15) is 5.52 Å². The maximum Gasteiger partial charge on any atom is 0.295 e. The van der Waals surface area contributed by atoms with Gasteiger partial charge >= 0.3 is 0 Å². The number of nitrogens with one attached hydrogen (secondary N) is 1. The minimum Gasteiger partial charge on any atom is -0.424 e. The fourth-order valence-corrected chi connectivity index (χ4v) is 2.47. The highest BCUT2D eigenvalue weighted by Gasteiger charge is 2.25. The molecule has 2 aromatic rings. The van der Waals surface area contributed by atoms with Gasteiger partial charge in [-0.3, -0.25) is 0 Å². The molecule has 2 unspecified atom stereocenters. The Labute approximate surface area is 105 Å². The molecule has 2 atom stereocenters. The van der Waals surface area contributed by atoms with Crippen LogP contribution in [0.25, 0.3) is 11.1 Å². The standard InChI is InChI=1S/C13H17N3O2/c1-17-10-4-3-9(7-10)15-13-16-11-6-8(14)2-5-12(11)18-13/h2,5-6,9-10H,3-4,7,14H2,1H3,(H,15,16). The van der Waals surface area contributed by atoms with Crippen molar-refractivity contribution in [1.29, 1.82) is 0 Å². The van der Waals surface area contributed by atoms with E-state index in [-0.39, 0.29) is 0 Å². The predicted octanol–water partition coefficient (Wildman–Crippen LogP) is 2.39. The van der Waals surface area contributed by atoms with E-state index >= 15 is 0 Å². The number of nitrogen functional groups attached to an aromatic ring is 1. The van der Waals surface area contributed by atoms with Crippen LogP contribution in [-0.4, -0.2) is 24.2 Å². The van der Waals surface area contributed by atoms with Crippen LogP contribution in [0.15, 0.2) is 22.6 Å². The van der Waals surface area contributed by atoms with E-state index < -0.39 is 0 Å². The Balaban J connectivity index is 1.75. The van der Waals surface area contributed by atoms with Crippen LogP contribution in [0, 0.1) is 0 Å². The van der Waals surface area contributed by atoms with E-state index in [0.717, 1.165) is 30.4 Å². The summed E-state index contributed by atoms with van der Waals surface area (Å²) in [5.74, 6) is 0. The number of methoxy groups -OCH3 is 1. The molecule has 1 aliphatic carbocycles. The maximum atomic E-state index is 5.71. The summed E-state index contributed by atoms with van der Waals surface area (Å²) in [5, 5.41) is 3.32. The molecule has 3 N–H and O–H groups in total. The summed E-state index contributed by atoms with van der Waals surface area (Å²) >= 11 is 0. The normalized spacial score (nSPS) is 23.6. The molecule has 96 valence electrons. The van der Waals surface area contributed by atoms with Crippen molar-refractivity contribution in [3.63, 3.8) is 0 Å². The van der Waals surface area contributed by atoms with Crippen LogP contribution < -0.4 is 11.1 Å². The second-order valence-electron chi connectivity index (χ2n) is 4.76. The molecule has 1 aromatic carbocycles. The van der Waals surface area contributed by atoms with Gasteiger partial charge in [0.15, 0.2) is 5.58 Å². The number of hydrogen-bond acceptors (Lipinski definition) is 5. The Morgan fingerprint density at radius 3 is 3.11 bits per heavy atom. The maximum absolute atomic E-state index is 5.71. The molecule has 1 aliphatic rings. The average molecular weight is 247 g/mol. The van der Waals surface area contributed by atoms with Crippen molar-refractivity contribution in [3.05, 3.63) is 18.2 Å². The second-order valence-corrected chi connectivity index (χ2v) is 4.76. The monoisotopic (exact) mass is 247 g/mol. The van der Waals surface area contributed by atoms with E-state index in [1.165, 1.54) is 0 Å². The Kier molecular flexibility index (Phi) is 2.83. The molecule has 0 radical (unpaired) electrons. The third-order valence-electron chi connectivity index (χ3n) is 3.46. The first-order valence-electron chi connectivity index (χ1n) is 6.20. The summed E-state index contributed by atoms with van der Waals surface area (Å²) < 4.78 is 11.0. The molecule has 0 aliphatic heterocycles. The van der Waals surface area contributed by atoms with E-state index in [1.807, 2.05) is 18.2 Å². The van der Waals surface area contributed by atoms with Gasteiger partial charge in [-0.05, 0) is 37.5 Å². The number of nitrogens with two attached hydrogens (primary N) is 1. The Morgan fingerprint density at radius 2 is 2.33 bits per heavy atom. The molecule has 0 saturated heterocycles. The first-order chi connectivity index (χ1) is 8.74. The number of anilines is 2. The molecule has 3 rings (SSSR count). The van der Waals surface area contributed by atoms with E-state index in [4.69, 9.17) is 14.9 Å². The molecule has 0 amide bonds. The van der Waals surface area contributed by atoms with Crippen LogP contribution in [0.1, 0.15) is 19.3 Å². The van der Waals surface area contributed by atoms with Crippen LogP contribution in [0.3, 0.4) is 0 Å². The number of benzene rings is 1. The number of ether oxygens (including phenoxy) is 1. The molecule has 1 heterocycles. The minimum atomic E-state index is 0.350. The van der Waals surface area contributed by atoms with E-state index in [0.29, 0.717) is 23.8 Å². The van der Waals surface area contributed by atoms with Crippen molar-refractivity contribution in [2.24, 2.45) is 0 Å². The smallest absolute Gasteiger partial charge is 0.295 e. The van der Waals surface area contributed by atoms with Crippen molar-refractivity contribution in [1.82, 2.24) is 4.98 Å². The summed E-state index contributed by atoms with van der Waals surface area (Å²) in [6.45, 7) is 0. The van der Waals surface area contributed by atoms with Gasteiger partial charge in [0.05, 0.1) is 6.10 Å². The fraction of sp³-hybridized carbons (Fsp3) is 0.462. The van der Waals surface area contributed by atoms with Gasteiger partial charge in [0.2, 0.25) is 0 Å². The van der Waals surface area contributed by atoms with Crippen LogP contribution in [0.2, 0.25) is 0 Å². The summed E-state index contributed by atoms with van der Waals surface area (Å²) in [7, 11) is 1.76. The van der Waals surface area contributed by atoms with Gasteiger partial charge in [-0.15, -0.1) is 0 Å². The first-order valence-corrected chi connectivity index (χ1v) is 6.20. The van der Waals surface area contributed by atoms with Crippen molar-refractivity contribution in [3.8, 4) is 0 Å². The molecular formula is C13H17N3O2. The quantitative estimate of drug-likeness (QED) is 0.815. The van der Waals surface area contributed by atoms with Crippen molar-refractivity contribution < 1.29 is 9.15 Å². The molecule has 0 spiro atoms. The lowest BCUT2D eigenvalue weighted by Crippen LogP contribution is -2.17. The Morgan fingerprint density at radius 1 is 1.44 bits per heavy atom. The predicted molar refractivity (Wildman–Crippen MR) is 70.5 cm³/mol. The summed E-state index contributed by atoms with van der Waals surface area (Å²) in [5.41, 5.74) is 7.96. The van der Waals surface area contributed by atoms with E-state index in [9.17, 15) is 0 Å². The van der Waals surface area contributed by atoms with Gasteiger partial charge in [-0.25, -0.2) is 0 Å². The lowest BCUT2D eigenvalue weighted by molar-refractivity contribution is 0.108. The van der Waals surface area contributed by atoms with Gasteiger partial charge in [-0.1, -0.05) is 0 Å². The van der Waals surface area contributed by atoms with E-state index in [2.05, 4.69) is 10.3 Å². The number of hydrogen-bond donors (Lipinski definition) is 2. The van der Waals surface area contributed by atoms with E-state index in [1.54, 1.807) is 7.11 Å². The van der Waals surface area contributed by atoms with Crippen LogP contribution >= 0.6 is 0 Å². The largest absolute Gasteiger partial charge is 0.424 e. The number of rotatable bonds is 3. The third kappa shape index (κ3) is 2.13. The highest BCUT2D eigenvalue weighted by atomic mass is 16.5. The zero-order chi connectivity index (χ0) is 12.5. The summed E-state index contributed by atoms with van der Waals surface area (Å²) in [4.78, 5) is 4.39. The molecule has 1 fully saturated rings. The number of aromatic nitrogens is 1. The molecule has 0 bridgehead atoms. The van der Waals surface area contributed by atoms with Gasteiger partial charge < -0.3 is 20.2 Å². The first kappa shape index (κ1) is 11.3. The van der Waals surface area contributed by atoms with Crippen molar-refractivity contribution >= 4 is 22.8 Å². The molecule has 5 nitrogen and oxygen atoms in total. The Bertz CT molecular complexity index is 552. The van der Waals surface area contributed by atoms with Gasteiger partial charge in [-0.2, -0.15) is 4.98 Å². The van der Waals surface area contributed by atoms with Gasteiger partial charge in [0.25, 0.3) is 6.01 Å². The Hall–Kier alpha value is -1.75. The zero-order valence-electron chi connectivity index (χ0n) is 10.3. The fourth-order valence-electron chi connectivity index (χ4n) is 2.47. The van der Waals surface area contributed by atoms with Crippen LogP contribution in [0.4, 0.5) is 11.7 Å². The highest BCUT2D eigenvalue weighted by molar-refractivity contribution is 5.78.